The van der Waals surface area contributed by atoms with Gasteiger partial charge >= 0.3 is 6.18 Å². The van der Waals surface area contributed by atoms with E-state index in [4.69, 9.17) is 0 Å². The van der Waals surface area contributed by atoms with Gasteiger partial charge in [0.05, 0.1) is 6.42 Å². The van der Waals surface area contributed by atoms with Gasteiger partial charge in [0.15, 0.2) is 0 Å². The summed E-state index contributed by atoms with van der Waals surface area (Å²) in [5, 5.41) is 5.53. The first kappa shape index (κ1) is 15.7. The first-order valence-electron chi connectivity index (χ1n) is 6.20. The first-order chi connectivity index (χ1) is 8.85. The van der Waals surface area contributed by atoms with Gasteiger partial charge in [0.1, 0.15) is 6.04 Å². The van der Waals surface area contributed by atoms with Gasteiger partial charge in [-0.05, 0) is 6.92 Å². The van der Waals surface area contributed by atoms with E-state index in [0.29, 0.717) is 13.1 Å². The number of piperazine rings is 1. The predicted octanol–water partition coefficient (Wildman–Crippen LogP) is 0.265. The summed E-state index contributed by atoms with van der Waals surface area (Å²) in [5.41, 5.74) is 0. The molecule has 1 aliphatic rings. The molecule has 110 valence electrons. The van der Waals surface area contributed by atoms with E-state index in [1.165, 1.54) is 4.90 Å². The van der Waals surface area contributed by atoms with Crippen molar-refractivity contribution in [1.82, 2.24) is 15.5 Å². The molecule has 1 aliphatic heterocycles. The highest BCUT2D eigenvalue weighted by molar-refractivity contribution is 5.88. The van der Waals surface area contributed by atoms with Gasteiger partial charge in [0.25, 0.3) is 0 Å². The van der Waals surface area contributed by atoms with E-state index in [1.54, 1.807) is 6.92 Å². The van der Waals surface area contributed by atoms with Crippen molar-refractivity contribution < 1.29 is 22.8 Å². The highest BCUT2D eigenvalue weighted by Gasteiger charge is 2.34. The van der Waals surface area contributed by atoms with Crippen LogP contribution in [0.15, 0.2) is 0 Å². The summed E-state index contributed by atoms with van der Waals surface area (Å²) in [6.45, 7) is 3.15. The van der Waals surface area contributed by atoms with E-state index < -0.39 is 31.0 Å². The van der Waals surface area contributed by atoms with E-state index in [9.17, 15) is 22.8 Å². The Morgan fingerprint density at radius 1 is 1.42 bits per heavy atom. The summed E-state index contributed by atoms with van der Waals surface area (Å²) in [7, 11) is 0. The number of hydrogen-bond donors (Lipinski definition) is 2. The Bertz CT molecular complexity index is 334. The van der Waals surface area contributed by atoms with Gasteiger partial charge in [0.2, 0.25) is 11.8 Å². The average Bonchev–Trinajstić information content (AvgIpc) is 2.35. The Hall–Kier alpha value is -1.31. The quantitative estimate of drug-likeness (QED) is 0.777. The minimum absolute atomic E-state index is 0.249. The summed E-state index contributed by atoms with van der Waals surface area (Å²) in [6.07, 6.45) is -6.12. The van der Waals surface area contributed by atoms with E-state index in [1.807, 2.05) is 0 Å². The van der Waals surface area contributed by atoms with Crippen molar-refractivity contribution in [3.63, 3.8) is 0 Å². The fraction of sp³-hybridized carbons (Fsp3) is 0.818. The van der Waals surface area contributed by atoms with Crippen LogP contribution in [-0.2, 0) is 9.59 Å². The summed E-state index contributed by atoms with van der Waals surface area (Å²) >= 11 is 0. The second-order valence-corrected chi connectivity index (χ2v) is 4.32. The summed E-state index contributed by atoms with van der Waals surface area (Å²) in [5.74, 6) is -0.967. The lowest BCUT2D eigenvalue weighted by molar-refractivity contribution is -0.152. The number of hydrogen-bond acceptors (Lipinski definition) is 3. The average molecular weight is 281 g/mol. The van der Waals surface area contributed by atoms with E-state index in [2.05, 4.69) is 10.6 Å². The van der Waals surface area contributed by atoms with Crippen molar-refractivity contribution in [3.05, 3.63) is 0 Å². The predicted molar refractivity (Wildman–Crippen MR) is 62.3 cm³/mol. The van der Waals surface area contributed by atoms with Gasteiger partial charge < -0.3 is 15.5 Å². The van der Waals surface area contributed by atoms with Crippen LogP contribution in [0.1, 0.15) is 19.8 Å². The van der Waals surface area contributed by atoms with Crippen molar-refractivity contribution in [2.24, 2.45) is 0 Å². The number of nitrogens with one attached hydrogen (secondary N) is 2. The highest BCUT2D eigenvalue weighted by Crippen LogP contribution is 2.22. The molecule has 0 spiro atoms. The molecule has 0 aromatic heterocycles. The Labute approximate surface area is 109 Å². The van der Waals surface area contributed by atoms with E-state index in [0.717, 1.165) is 0 Å². The van der Waals surface area contributed by atoms with Gasteiger partial charge in [-0.3, -0.25) is 9.59 Å². The highest BCUT2D eigenvalue weighted by atomic mass is 19.4. The van der Waals surface area contributed by atoms with Gasteiger partial charge in [-0.15, -0.1) is 0 Å². The molecule has 1 rings (SSSR count). The van der Waals surface area contributed by atoms with Crippen molar-refractivity contribution in [2.75, 3.05) is 26.2 Å². The van der Waals surface area contributed by atoms with Crippen molar-refractivity contribution in [1.29, 1.82) is 0 Å². The molecule has 2 amide bonds. The largest absolute Gasteiger partial charge is 0.389 e. The molecular formula is C11H18F3N3O2. The molecule has 0 radical (unpaired) electrons. The van der Waals surface area contributed by atoms with Crippen LogP contribution in [0, 0.1) is 0 Å². The molecule has 1 saturated heterocycles. The topological polar surface area (TPSA) is 61.4 Å². The van der Waals surface area contributed by atoms with Gasteiger partial charge in [0, 0.05) is 32.6 Å². The first-order valence-corrected chi connectivity index (χ1v) is 6.20. The molecule has 0 aliphatic carbocycles. The monoisotopic (exact) mass is 281 g/mol. The number of nitrogens with zero attached hydrogens (tertiary/aromatic N) is 1. The molecule has 0 aromatic carbocycles. The van der Waals surface area contributed by atoms with Crippen LogP contribution in [0.3, 0.4) is 0 Å². The maximum absolute atomic E-state index is 12.1. The van der Waals surface area contributed by atoms with Gasteiger partial charge in [-0.1, -0.05) is 0 Å². The Kier molecular flexibility index (Phi) is 5.59. The zero-order chi connectivity index (χ0) is 14.5. The number of rotatable bonds is 4. The Balaban J connectivity index is 2.61. The molecule has 0 saturated carbocycles. The molecular weight excluding hydrogens is 263 g/mol. The van der Waals surface area contributed by atoms with Gasteiger partial charge in [-0.25, -0.2) is 0 Å². The smallest absolute Gasteiger partial charge is 0.355 e. The maximum Gasteiger partial charge on any atom is 0.389 e. The lowest BCUT2D eigenvalue weighted by Gasteiger charge is -2.35. The van der Waals surface area contributed by atoms with Crippen LogP contribution in [0.25, 0.3) is 0 Å². The number of likely N-dealkylation sites (N-methyl/N-ethyl adjacent to an activating group) is 1. The Morgan fingerprint density at radius 3 is 2.68 bits per heavy atom. The zero-order valence-corrected chi connectivity index (χ0v) is 10.7. The van der Waals surface area contributed by atoms with Crippen LogP contribution < -0.4 is 10.6 Å². The molecule has 0 aromatic rings. The standard InChI is InChI=1S/C11H18F3N3O2/c1-2-16-10(19)8-7-15-5-6-17(8)9(18)3-4-11(12,13)14/h8,15H,2-7H2,1H3,(H,16,19). The number of halogens is 3. The second-order valence-electron chi connectivity index (χ2n) is 4.32. The molecule has 1 unspecified atom stereocenters. The van der Waals surface area contributed by atoms with Crippen LogP contribution in [0.5, 0.6) is 0 Å². The third kappa shape index (κ3) is 5.06. The molecule has 2 N–H and O–H groups in total. The number of alkyl halides is 3. The van der Waals surface area contributed by atoms with E-state index >= 15 is 0 Å². The third-order valence-electron chi connectivity index (χ3n) is 2.84. The van der Waals surface area contributed by atoms with Crippen LogP contribution in [0.4, 0.5) is 13.2 Å². The fourth-order valence-corrected chi connectivity index (χ4v) is 1.92. The molecule has 0 bridgehead atoms. The van der Waals surface area contributed by atoms with E-state index in [-0.39, 0.29) is 19.0 Å². The summed E-state index contributed by atoms with van der Waals surface area (Å²) in [4.78, 5) is 24.8. The van der Waals surface area contributed by atoms with Crippen LogP contribution in [-0.4, -0.2) is 55.1 Å². The van der Waals surface area contributed by atoms with Crippen molar-refractivity contribution in [3.8, 4) is 0 Å². The molecule has 8 heteroatoms. The fourth-order valence-electron chi connectivity index (χ4n) is 1.92. The molecule has 1 fully saturated rings. The molecule has 1 atom stereocenters. The maximum atomic E-state index is 12.1. The normalized spacial score (nSPS) is 20.2. The molecule has 1 heterocycles. The molecule has 19 heavy (non-hydrogen) atoms. The SMILES string of the molecule is CCNC(=O)C1CNCCN1C(=O)CCC(F)(F)F. The molecule has 5 nitrogen and oxygen atoms in total. The minimum atomic E-state index is -4.36. The van der Waals surface area contributed by atoms with Crippen LogP contribution >= 0.6 is 0 Å². The van der Waals surface area contributed by atoms with Crippen molar-refractivity contribution in [2.45, 2.75) is 32.0 Å². The third-order valence-corrected chi connectivity index (χ3v) is 2.84. The lowest BCUT2D eigenvalue weighted by Crippen LogP contribution is -2.59. The lowest BCUT2D eigenvalue weighted by atomic mass is 10.1. The number of carbonyl (C=O) groups is 2. The second kappa shape index (κ2) is 6.74. The zero-order valence-electron chi connectivity index (χ0n) is 10.7. The van der Waals surface area contributed by atoms with Crippen LogP contribution in [0.2, 0.25) is 0 Å². The summed E-state index contributed by atoms with van der Waals surface area (Å²) < 4.78 is 36.3. The summed E-state index contributed by atoms with van der Waals surface area (Å²) in [6, 6.07) is -0.727. The Morgan fingerprint density at radius 2 is 2.11 bits per heavy atom. The number of amides is 2. The van der Waals surface area contributed by atoms with Gasteiger partial charge in [-0.2, -0.15) is 13.2 Å². The minimum Gasteiger partial charge on any atom is -0.355 e. The van der Waals surface area contributed by atoms with Crippen molar-refractivity contribution >= 4 is 11.8 Å². The number of carbonyl (C=O) groups excluding carboxylic acids is 2.